The highest BCUT2D eigenvalue weighted by Crippen LogP contribution is 2.03. The molecule has 0 unspecified atom stereocenters. The van der Waals surface area contributed by atoms with E-state index in [1.165, 1.54) is 12.7 Å². The number of rotatable bonds is 3. The van der Waals surface area contributed by atoms with Gasteiger partial charge < -0.3 is 0 Å². The third-order valence-corrected chi connectivity index (χ3v) is 1.90. The summed E-state index contributed by atoms with van der Waals surface area (Å²) in [5.74, 6) is 0. The van der Waals surface area contributed by atoms with Gasteiger partial charge in [-0.2, -0.15) is 11.6 Å². The molecule has 51 valence electrons. The first-order valence-corrected chi connectivity index (χ1v) is 4.11. The van der Waals surface area contributed by atoms with E-state index in [4.69, 9.17) is 0 Å². The van der Waals surface area contributed by atoms with E-state index in [0.717, 1.165) is 5.04 Å². The molecule has 0 aromatic carbocycles. The summed E-state index contributed by atoms with van der Waals surface area (Å²) in [6.45, 7) is 6.40. The molecule has 9 heavy (non-hydrogen) atoms. The summed E-state index contributed by atoms with van der Waals surface area (Å²) in [5, 5.41) is 1.14. The molecule has 1 nitrogen and oxygen atoms in total. The van der Waals surface area contributed by atoms with Crippen molar-refractivity contribution in [3.8, 4) is 0 Å². The lowest BCUT2D eigenvalue weighted by molar-refractivity contribution is 1.08. The molecule has 3 heteroatoms. The zero-order chi connectivity index (χ0) is 7.11. The zero-order valence-electron chi connectivity index (χ0n) is 6.35. The SMILES string of the molecule is CCC[B]SC(C)=NC. The summed E-state index contributed by atoms with van der Waals surface area (Å²) in [5.41, 5.74) is 0. The Balaban J connectivity index is 3.07. The van der Waals surface area contributed by atoms with Crippen molar-refractivity contribution in [2.24, 2.45) is 4.99 Å². The summed E-state index contributed by atoms with van der Waals surface area (Å²) < 4.78 is 0. The molecule has 0 aromatic heterocycles. The number of aliphatic imine (C=N–C) groups is 1. The number of hydrogen-bond acceptors (Lipinski definition) is 2. The topological polar surface area (TPSA) is 12.4 Å². The van der Waals surface area contributed by atoms with Crippen LogP contribution in [0.1, 0.15) is 20.3 Å². The molecule has 0 aromatic rings. The quantitative estimate of drug-likeness (QED) is 0.254. The fourth-order valence-corrected chi connectivity index (χ4v) is 1.05. The van der Waals surface area contributed by atoms with E-state index in [-0.39, 0.29) is 0 Å². The monoisotopic (exact) mass is 142 g/mol. The number of hydrogen-bond donors (Lipinski definition) is 0. The first-order valence-electron chi connectivity index (χ1n) is 3.23. The zero-order valence-corrected chi connectivity index (χ0v) is 7.16. The molecule has 0 bridgehead atoms. The maximum atomic E-state index is 4.01. The van der Waals surface area contributed by atoms with Crippen LogP contribution in [0.15, 0.2) is 4.99 Å². The Morgan fingerprint density at radius 1 is 1.67 bits per heavy atom. The molecule has 0 aliphatic heterocycles. The molecule has 0 saturated carbocycles. The minimum Gasteiger partial charge on any atom is -0.288 e. The smallest absolute Gasteiger partial charge is 0.200 e. The Morgan fingerprint density at radius 3 is 2.78 bits per heavy atom. The molecule has 0 N–H and O–H groups in total. The molecule has 0 atom stereocenters. The first kappa shape index (κ1) is 9.08. The molecular weight excluding hydrogens is 129 g/mol. The van der Waals surface area contributed by atoms with Crippen LogP contribution >= 0.6 is 11.6 Å². The third-order valence-electron chi connectivity index (χ3n) is 0.975. The Bertz CT molecular complexity index is 93.1. The van der Waals surface area contributed by atoms with E-state index in [9.17, 15) is 0 Å². The van der Waals surface area contributed by atoms with Gasteiger partial charge in [-0.1, -0.05) is 19.7 Å². The van der Waals surface area contributed by atoms with Crippen molar-refractivity contribution in [1.29, 1.82) is 0 Å². The highest BCUT2D eigenvalue weighted by atomic mass is 32.2. The summed E-state index contributed by atoms with van der Waals surface area (Å²) in [4.78, 5) is 4.01. The summed E-state index contributed by atoms with van der Waals surface area (Å²) in [7, 11) is 1.82. The van der Waals surface area contributed by atoms with Crippen LogP contribution in [0.25, 0.3) is 0 Å². The van der Waals surface area contributed by atoms with Gasteiger partial charge in [-0.05, 0) is 6.92 Å². The van der Waals surface area contributed by atoms with Crippen LogP contribution in [0.5, 0.6) is 0 Å². The highest BCUT2D eigenvalue weighted by Gasteiger charge is 1.90. The van der Waals surface area contributed by atoms with Gasteiger partial charge in [-0.15, -0.1) is 0 Å². The highest BCUT2D eigenvalue weighted by molar-refractivity contribution is 8.33. The van der Waals surface area contributed by atoms with Crippen molar-refractivity contribution >= 4 is 23.2 Å². The van der Waals surface area contributed by atoms with Crippen molar-refractivity contribution in [2.75, 3.05) is 7.05 Å². The van der Waals surface area contributed by atoms with Crippen molar-refractivity contribution in [3.63, 3.8) is 0 Å². The predicted molar refractivity (Wildman–Crippen MR) is 47.5 cm³/mol. The minimum atomic E-state index is 1.14. The van der Waals surface area contributed by atoms with Gasteiger partial charge in [-0.25, -0.2) is 0 Å². The third kappa shape index (κ3) is 5.96. The largest absolute Gasteiger partial charge is 0.288 e. The van der Waals surface area contributed by atoms with Gasteiger partial charge in [0.15, 0.2) is 6.56 Å². The van der Waals surface area contributed by atoms with Gasteiger partial charge in [0.05, 0.1) is 5.04 Å². The molecule has 0 aliphatic carbocycles. The molecule has 1 radical (unpaired) electrons. The van der Waals surface area contributed by atoms with Crippen molar-refractivity contribution in [2.45, 2.75) is 26.6 Å². The second-order valence-corrected chi connectivity index (χ2v) is 2.98. The van der Waals surface area contributed by atoms with Gasteiger partial charge in [0, 0.05) is 7.05 Å². The van der Waals surface area contributed by atoms with E-state index in [2.05, 4.69) is 18.5 Å². The molecule has 0 amide bonds. The van der Waals surface area contributed by atoms with Crippen LogP contribution in [-0.2, 0) is 0 Å². The van der Waals surface area contributed by atoms with E-state index >= 15 is 0 Å². The molecule has 0 aliphatic rings. The van der Waals surface area contributed by atoms with Crippen LogP contribution < -0.4 is 0 Å². The standard InChI is InChI=1S/C6H13BNS/c1-4-5-7-9-6(2)8-3/h4-5H2,1-3H3. The second kappa shape index (κ2) is 6.21. The Morgan fingerprint density at radius 2 is 2.33 bits per heavy atom. The average Bonchev–Trinajstić information content (AvgIpc) is 1.89. The fourth-order valence-electron chi connectivity index (χ4n) is 0.350. The molecule has 0 saturated heterocycles. The lowest BCUT2D eigenvalue weighted by Crippen LogP contribution is -1.88. The van der Waals surface area contributed by atoms with Gasteiger partial charge in [0.1, 0.15) is 0 Å². The van der Waals surface area contributed by atoms with Crippen molar-refractivity contribution in [3.05, 3.63) is 0 Å². The predicted octanol–water partition coefficient (Wildman–Crippen LogP) is 2.22. The van der Waals surface area contributed by atoms with Crippen LogP contribution in [-0.4, -0.2) is 18.6 Å². The van der Waals surface area contributed by atoms with Crippen LogP contribution in [0.3, 0.4) is 0 Å². The average molecular weight is 142 g/mol. The fraction of sp³-hybridized carbons (Fsp3) is 0.833. The summed E-state index contributed by atoms with van der Waals surface area (Å²) in [6, 6.07) is 0. The first-order chi connectivity index (χ1) is 4.31. The molecule has 0 spiro atoms. The van der Waals surface area contributed by atoms with Gasteiger partial charge >= 0.3 is 0 Å². The van der Waals surface area contributed by atoms with Gasteiger partial charge in [0.2, 0.25) is 0 Å². The minimum absolute atomic E-state index is 1.14. The van der Waals surface area contributed by atoms with E-state index in [1.54, 1.807) is 11.6 Å². The maximum Gasteiger partial charge on any atom is 0.200 e. The van der Waals surface area contributed by atoms with Crippen LogP contribution in [0, 0.1) is 0 Å². The van der Waals surface area contributed by atoms with Gasteiger partial charge in [0.25, 0.3) is 0 Å². The van der Waals surface area contributed by atoms with Gasteiger partial charge in [-0.3, -0.25) is 4.99 Å². The second-order valence-electron chi connectivity index (χ2n) is 1.82. The van der Waals surface area contributed by atoms with E-state index in [1.807, 2.05) is 14.0 Å². The molecule has 0 heterocycles. The normalized spacial score (nSPS) is 11.7. The van der Waals surface area contributed by atoms with Crippen LogP contribution in [0.4, 0.5) is 0 Å². The molecule has 0 rings (SSSR count). The molecular formula is C6H13BNS. The van der Waals surface area contributed by atoms with E-state index in [0.29, 0.717) is 0 Å². The maximum absolute atomic E-state index is 4.01. The van der Waals surface area contributed by atoms with Crippen molar-refractivity contribution < 1.29 is 0 Å². The lowest BCUT2D eigenvalue weighted by atomic mass is 10.0. The van der Waals surface area contributed by atoms with Crippen molar-refractivity contribution in [1.82, 2.24) is 0 Å². The summed E-state index contributed by atoms with van der Waals surface area (Å²) in [6.07, 6.45) is 2.40. The lowest BCUT2D eigenvalue weighted by Gasteiger charge is -1.94. The Kier molecular flexibility index (Phi) is 6.27. The Hall–Kier alpha value is 0.0849. The van der Waals surface area contributed by atoms with Crippen LogP contribution in [0.2, 0.25) is 6.32 Å². The Labute approximate surface area is 62.5 Å². The van der Waals surface area contributed by atoms with E-state index < -0.39 is 0 Å². The summed E-state index contributed by atoms with van der Waals surface area (Å²) >= 11 is 1.73. The molecule has 0 fully saturated rings. The number of nitrogens with zero attached hydrogens (tertiary/aromatic N) is 1.